The highest BCUT2D eigenvalue weighted by Gasteiger charge is 2.06. The fourth-order valence-electron chi connectivity index (χ4n) is 1.49. The first kappa shape index (κ1) is 12.7. The Bertz CT molecular complexity index is 620. The molecule has 0 fully saturated rings. The van der Waals surface area contributed by atoms with Gasteiger partial charge < -0.3 is 15.2 Å². The molecule has 0 atom stereocenters. The lowest BCUT2D eigenvalue weighted by atomic mass is 10.2. The van der Waals surface area contributed by atoms with E-state index in [1.54, 1.807) is 36.4 Å². The summed E-state index contributed by atoms with van der Waals surface area (Å²) in [5.41, 5.74) is 6.71. The van der Waals surface area contributed by atoms with Gasteiger partial charge in [-0.3, -0.25) is 0 Å². The second kappa shape index (κ2) is 5.74. The smallest absolute Gasteiger partial charge is 0.240 e. The highest BCUT2D eigenvalue weighted by molar-refractivity contribution is 5.50. The Morgan fingerprint density at radius 3 is 2.89 bits per heavy atom. The molecule has 5 nitrogen and oxygen atoms in total. The summed E-state index contributed by atoms with van der Waals surface area (Å²) in [6, 6.07) is 12.2. The zero-order valence-electron chi connectivity index (χ0n) is 10.5. The highest BCUT2D eigenvalue weighted by Crippen LogP contribution is 2.26. The summed E-state index contributed by atoms with van der Waals surface area (Å²) in [7, 11) is 0. The van der Waals surface area contributed by atoms with Crippen LogP contribution in [-0.2, 0) is 0 Å². The van der Waals surface area contributed by atoms with Crippen molar-refractivity contribution < 1.29 is 9.47 Å². The lowest BCUT2D eigenvalue weighted by molar-refractivity contribution is 0.323. The van der Waals surface area contributed by atoms with Crippen molar-refractivity contribution in [2.45, 2.75) is 6.92 Å². The molecular weight excluding hydrogens is 242 g/mol. The third kappa shape index (κ3) is 3.13. The molecule has 19 heavy (non-hydrogen) atoms. The van der Waals surface area contributed by atoms with Crippen LogP contribution in [0.2, 0.25) is 0 Å². The van der Waals surface area contributed by atoms with Crippen molar-refractivity contribution in [3.63, 3.8) is 0 Å². The van der Waals surface area contributed by atoms with E-state index in [0.29, 0.717) is 35.4 Å². The maximum Gasteiger partial charge on any atom is 0.240 e. The minimum Gasteiger partial charge on any atom is -0.476 e. The Balaban J connectivity index is 2.23. The number of anilines is 1. The van der Waals surface area contributed by atoms with Crippen LogP contribution in [0.25, 0.3) is 0 Å². The van der Waals surface area contributed by atoms with E-state index in [0.717, 1.165) is 0 Å². The second-order valence-corrected chi connectivity index (χ2v) is 3.72. The number of benzene rings is 1. The molecule has 0 aliphatic carbocycles. The van der Waals surface area contributed by atoms with E-state index in [1.165, 1.54) is 0 Å². The van der Waals surface area contributed by atoms with Crippen molar-refractivity contribution in [2.75, 3.05) is 12.3 Å². The van der Waals surface area contributed by atoms with Crippen molar-refractivity contribution in [1.29, 1.82) is 5.26 Å². The van der Waals surface area contributed by atoms with Crippen LogP contribution in [0.3, 0.4) is 0 Å². The Labute approximate surface area is 111 Å². The molecule has 1 aromatic heterocycles. The number of nitrogens with two attached hydrogens (primary N) is 1. The third-order valence-electron chi connectivity index (χ3n) is 2.33. The van der Waals surface area contributed by atoms with Crippen LogP contribution in [0.1, 0.15) is 12.5 Å². The Hall–Kier alpha value is -2.74. The number of pyridine rings is 1. The molecule has 1 aromatic carbocycles. The van der Waals surface area contributed by atoms with Crippen molar-refractivity contribution in [2.24, 2.45) is 0 Å². The fraction of sp³-hybridized carbons (Fsp3) is 0.143. The normalized spacial score (nSPS) is 9.68. The van der Waals surface area contributed by atoms with E-state index < -0.39 is 0 Å². The van der Waals surface area contributed by atoms with Gasteiger partial charge in [-0.25, -0.2) is 0 Å². The van der Waals surface area contributed by atoms with Crippen LogP contribution in [0.5, 0.6) is 17.5 Å². The van der Waals surface area contributed by atoms with E-state index >= 15 is 0 Å². The van der Waals surface area contributed by atoms with E-state index in [4.69, 9.17) is 20.5 Å². The predicted molar refractivity (Wildman–Crippen MR) is 71.0 cm³/mol. The van der Waals surface area contributed by atoms with Gasteiger partial charge in [0.2, 0.25) is 11.8 Å². The van der Waals surface area contributed by atoms with Gasteiger partial charge in [0, 0.05) is 6.07 Å². The fourth-order valence-corrected chi connectivity index (χ4v) is 1.49. The Morgan fingerprint density at radius 1 is 1.32 bits per heavy atom. The molecule has 1 heterocycles. The summed E-state index contributed by atoms with van der Waals surface area (Å²) in [6.07, 6.45) is 0. The highest BCUT2D eigenvalue weighted by atomic mass is 16.5. The minimum absolute atomic E-state index is 0.344. The molecule has 5 heteroatoms. The minimum atomic E-state index is 0.344. The van der Waals surface area contributed by atoms with Gasteiger partial charge in [0.15, 0.2) is 0 Å². The summed E-state index contributed by atoms with van der Waals surface area (Å²) < 4.78 is 10.9. The van der Waals surface area contributed by atoms with Crippen LogP contribution in [0.4, 0.5) is 5.69 Å². The molecule has 0 aliphatic rings. The first-order valence-electron chi connectivity index (χ1n) is 5.80. The standard InChI is InChI=1S/C14H13N3O2/c1-2-18-14-12(16)6-7-13(17-14)19-11-5-3-4-10(8-11)9-15/h3-8H,2,16H2,1H3. The largest absolute Gasteiger partial charge is 0.476 e. The van der Waals surface area contributed by atoms with Gasteiger partial charge in [-0.2, -0.15) is 10.2 Å². The van der Waals surface area contributed by atoms with Gasteiger partial charge in [-0.15, -0.1) is 0 Å². The van der Waals surface area contributed by atoms with Crippen LogP contribution < -0.4 is 15.2 Å². The number of aromatic nitrogens is 1. The van der Waals surface area contributed by atoms with Crippen LogP contribution in [0.15, 0.2) is 36.4 Å². The lowest BCUT2D eigenvalue weighted by Crippen LogP contribution is -2.00. The lowest BCUT2D eigenvalue weighted by Gasteiger charge is -2.09. The average molecular weight is 255 g/mol. The quantitative estimate of drug-likeness (QED) is 0.908. The molecule has 96 valence electrons. The summed E-state index contributed by atoms with van der Waals surface area (Å²) in [5.74, 6) is 1.25. The summed E-state index contributed by atoms with van der Waals surface area (Å²) in [6.45, 7) is 2.33. The first-order chi connectivity index (χ1) is 9.22. The molecule has 2 N–H and O–H groups in total. The molecule has 2 aromatic rings. The maximum atomic E-state index is 8.82. The maximum absolute atomic E-state index is 8.82. The second-order valence-electron chi connectivity index (χ2n) is 3.72. The number of hydrogen-bond acceptors (Lipinski definition) is 5. The molecular formula is C14H13N3O2. The van der Waals surface area contributed by atoms with E-state index in [9.17, 15) is 0 Å². The SMILES string of the molecule is CCOc1nc(Oc2cccc(C#N)c2)ccc1N. The zero-order valence-corrected chi connectivity index (χ0v) is 10.5. The molecule has 0 spiro atoms. The molecule has 0 saturated carbocycles. The number of nitriles is 1. The number of nitrogens with zero attached hydrogens (tertiary/aromatic N) is 2. The van der Waals surface area contributed by atoms with Crippen LogP contribution in [0, 0.1) is 11.3 Å². The van der Waals surface area contributed by atoms with Crippen molar-refractivity contribution in [3.05, 3.63) is 42.0 Å². The number of ether oxygens (including phenoxy) is 2. The predicted octanol–water partition coefficient (Wildman–Crippen LogP) is 2.73. The van der Waals surface area contributed by atoms with Crippen molar-refractivity contribution in [3.8, 4) is 23.6 Å². The van der Waals surface area contributed by atoms with Gasteiger partial charge in [-0.05, 0) is 31.2 Å². The van der Waals surface area contributed by atoms with Crippen molar-refractivity contribution >= 4 is 5.69 Å². The van der Waals surface area contributed by atoms with Crippen LogP contribution in [-0.4, -0.2) is 11.6 Å². The molecule has 0 amide bonds. The monoisotopic (exact) mass is 255 g/mol. The third-order valence-corrected chi connectivity index (χ3v) is 2.33. The molecule has 2 rings (SSSR count). The molecule has 0 aliphatic heterocycles. The van der Waals surface area contributed by atoms with Gasteiger partial charge >= 0.3 is 0 Å². The topological polar surface area (TPSA) is 81.2 Å². The Morgan fingerprint density at radius 2 is 2.16 bits per heavy atom. The molecule has 0 saturated heterocycles. The number of rotatable bonds is 4. The zero-order chi connectivity index (χ0) is 13.7. The van der Waals surface area contributed by atoms with Gasteiger partial charge in [0.25, 0.3) is 0 Å². The van der Waals surface area contributed by atoms with Gasteiger partial charge in [0.05, 0.1) is 23.9 Å². The Kier molecular flexibility index (Phi) is 3.84. The molecule has 0 radical (unpaired) electrons. The summed E-state index contributed by atoms with van der Waals surface area (Å²) in [4.78, 5) is 4.16. The van der Waals surface area contributed by atoms with E-state index in [1.807, 2.05) is 13.0 Å². The van der Waals surface area contributed by atoms with Gasteiger partial charge in [0.1, 0.15) is 5.75 Å². The molecule has 0 bridgehead atoms. The summed E-state index contributed by atoms with van der Waals surface area (Å²) >= 11 is 0. The van der Waals surface area contributed by atoms with E-state index in [2.05, 4.69) is 4.98 Å². The average Bonchev–Trinajstić information content (AvgIpc) is 2.43. The summed E-state index contributed by atoms with van der Waals surface area (Å²) in [5, 5.41) is 8.82. The number of hydrogen-bond donors (Lipinski definition) is 1. The van der Waals surface area contributed by atoms with Crippen LogP contribution >= 0.6 is 0 Å². The first-order valence-corrected chi connectivity index (χ1v) is 5.80. The molecule has 0 unspecified atom stereocenters. The van der Waals surface area contributed by atoms with E-state index in [-0.39, 0.29) is 0 Å². The van der Waals surface area contributed by atoms with Gasteiger partial charge in [-0.1, -0.05) is 6.07 Å². The van der Waals surface area contributed by atoms with Crippen molar-refractivity contribution in [1.82, 2.24) is 4.98 Å². The number of nitrogen functional groups attached to an aromatic ring is 1.